The van der Waals surface area contributed by atoms with Crippen LogP contribution >= 0.6 is 34.2 Å². The predicted molar refractivity (Wildman–Crippen MR) is 83.6 cm³/mol. The van der Waals surface area contributed by atoms with Crippen molar-refractivity contribution < 1.29 is 0 Å². The van der Waals surface area contributed by atoms with Crippen molar-refractivity contribution >= 4 is 45.7 Å². The molecular formula is C14H10ClIN2. The summed E-state index contributed by atoms with van der Waals surface area (Å²) in [6, 6.07) is 13.8. The number of nitrogens with zero attached hydrogens (tertiary/aromatic N) is 1. The molecule has 4 heteroatoms. The molecule has 0 amide bonds. The largest absolute Gasteiger partial charge is 0.321 e. The molecule has 1 heterocycles. The van der Waals surface area contributed by atoms with Crippen LogP contribution in [-0.2, 0) is 6.54 Å². The molecule has 3 rings (SSSR count). The van der Waals surface area contributed by atoms with E-state index in [1.165, 1.54) is 5.56 Å². The first-order valence-electron chi connectivity index (χ1n) is 5.56. The predicted octanol–water partition coefficient (Wildman–Crippen LogP) is 4.29. The molecule has 1 aliphatic rings. The van der Waals surface area contributed by atoms with Crippen LogP contribution in [0.5, 0.6) is 0 Å². The molecule has 0 aromatic heterocycles. The average molecular weight is 369 g/mol. The van der Waals surface area contributed by atoms with Gasteiger partial charge in [-0.1, -0.05) is 35.9 Å². The second kappa shape index (κ2) is 4.55. The highest BCUT2D eigenvalue weighted by Crippen LogP contribution is 2.32. The van der Waals surface area contributed by atoms with Gasteiger partial charge in [0.2, 0.25) is 0 Å². The first kappa shape index (κ1) is 12.0. The van der Waals surface area contributed by atoms with Gasteiger partial charge in [-0.2, -0.15) is 0 Å². The average Bonchev–Trinajstić information content (AvgIpc) is 2.68. The molecule has 1 N–H and O–H groups in total. The van der Waals surface area contributed by atoms with Crippen LogP contribution in [0.1, 0.15) is 11.1 Å². The van der Waals surface area contributed by atoms with Gasteiger partial charge >= 0.3 is 0 Å². The molecule has 0 bridgehead atoms. The Morgan fingerprint density at radius 3 is 2.67 bits per heavy atom. The molecule has 18 heavy (non-hydrogen) atoms. The van der Waals surface area contributed by atoms with Crippen molar-refractivity contribution in [1.82, 2.24) is 0 Å². The van der Waals surface area contributed by atoms with Gasteiger partial charge in [-0.15, -0.1) is 0 Å². The lowest BCUT2D eigenvalue weighted by atomic mass is 10.1. The smallest absolute Gasteiger partial charge is 0.133 e. The second-order valence-corrected chi connectivity index (χ2v) is 5.79. The van der Waals surface area contributed by atoms with Crippen LogP contribution in [0, 0.1) is 8.98 Å². The Kier molecular flexibility index (Phi) is 3.03. The van der Waals surface area contributed by atoms with Gasteiger partial charge in [0.15, 0.2) is 0 Å². The summed E-state index contributed by atoms with van der Waals surface area (Å²) in [7, 11) is 0. The summed E-state index contributed by atoms with van der Waals surface area (Å²) < 4.78 is 1.07. The molecule has 0 atom stereocenters. The third-order valence-corrected chi connectivity index (χ3v) is 4.17. The number of benzene rings is 2. The Labute approximate surface area is 124 Å². The summed E-state index contributed by atoms with van der Waals surface area (Å²) in [5, 5.41) is 8.99. The Morgan fingerprint density at radius 1 is 1.17 bits per heavy atom. The van der Waals surface area contributed by atoms with Gasteiger partial charge < -0.3 is 4.90 Å². The highest BCUT2D eigenvalue weighted by atomic mass is 127. The third kappa shape index (κ3) is 1.91. The van der Waals surface area contributed by atoms with Crippen LogP contribution in [0.4, 0.5) is 5.69 Å². The number of hydrogen-bond acceptors (Lipinski definition) is 1. The maximum absolute atomic E-state index is 8.27. The summed E-state index contributed by atoms with van der Waals surface area (Å²) in [6.07, 6.45) is 0. The highest BCUT2D eigenvalue weighted by molar-refractivity contribution is 14.1. The summed E-state index contributed by atoms with van der Waals surface area (Å²) >= 11 is 8.23. The molecule has 0 radical (unpaired) electrons. The quantitative estimate of drug-likeness (QED) is 0.747. The first-order chi connectivity index (χ1) is 8.66. The first-order valence-corrected chi connectivity index (χ1v) is 7.02. The van der Waals surface area contributed by atoms with Gasteiger partial charge in [0, 0.05) is 14.2 Å². The van der Waals surface area contributed by atoms with Crippen molar-refractivity contribution in [3.05, 3.63) is 62.2 Å². The van der Waals surface area contributed by atoms with Crippen LogP contribution in [-0.4, -0.2) is 5.84 Å². The fourth-order valence-corrected chi connectivity index (χ4v) is 3.35. The molecule has 0 spiro atoms. The van der Waals surface area contributed by atoms with Gasteiger partial charge in [0.1, 0.15) is 5.84 Å². The number of anilines is 1. The van der Waals surface area contributed by atoms with Gasteiger partial charge in [-0.25, -0.2) is 0 Å². The normalized spacial score (nSPS) is 13.9. The molecule has 0 saturated carbocycles. The zero-order valence-electron chi connectivity index (χ0n) is 9.45. The molecule has 0 fully saturated rings. The fraction of sp³-hybridized carbons (Fsp3) is 0.0714. The fourth-order valence-electron chi connectivity index (χ4n) is 2.19. The lowest BCUT2D eigenvalue weighted by molar-refractivity contribution is 1.04. The number of hydrogen-bond donors (Lipinski definition) is 1. The Hall–Kier alpha value is -1.07. The minimum Gasteiger partial charge on any atom is -0.321 e. The SMILES string of the molecule is N=C1c2ccccc2CN1c1ccc(Cl)cc1I. The Morgan fingerprint density at radius 2 is 1.94 bits per heavy atom. The van der Waals surface area contributed by atoms with E-state index in [0.717, 1.165) is 26.4 Å². The van der Waals surface area contributed by atoms with Crippen molar-refractivity contribution in [2.75, 3.05) is 4.90 Å². The van der Waals surface area contributed by atoms with E-state index >= 15 is 0 Å². The molecule has 0 saturated heterocycles. The maximum atomic E-state index is 8.27. The van der Waals surface area contributed by atoms with Crippen molar-refractivity contribution in [3.8, 4) is 0 Å². The van der Waals surface area contributed by atoms with Gasteiger partial charge in [0.25, 0.3) is 0 Å². The molecule has 2 nitrogen and oxygen atoms in total. The molecule has 0 aliphatic carbocycles. The van der Waals surface area contributed by atoms with E-state index in [4.69, 9.17) is 17.0 Å². The Balaban J connectivity index is 2.04. The van der Waals surface area contributed by atoms with Crippen molar-refractivity contribution in [1.29, 1.82) is 5.41 Å². The van der Waals surface area contributed by atoms with Gasteiger partial charge in [-0.05, 0) is 46.4 Å². The van der Waals surface area contributed by atoms with Gasteiger partial charge in [-0.3, -0.25) is 5.41 Å². The molecule has 0 unspecified atom stereocenters. The van der Waals surface area contributed by atoms with E-state index in [1.54, 1.807) is 0 Å². The lowest BCUT2D eigenvalue weighted by Crippen LogP contribution is -2.23. The number of fused-ring (bicyclic) bond motifs is 1. The van der Waals surface area contributed by atoms with E-state index in [2.05, 4.69) is 28.7 Å². The minimum absolute atomic E-state index is 0.561. The standard InChI is InChI=1S/C14H10ClIN2/c15-10-5-6-13(12(16)7-10)18-8-9-3-1-2-4-11(9)14(18)17/h1-7,17H,8H2. The summed E-state index contributed by atoms with van der Waals surface area (Å²) in [5.74, 6) is 0.561. The van der Waals surface area contributed by atoms with E-state index in [-0.39, 0.29) is 0 Å². The summed E-state index contributed by atoms with van der Waals surface area (Å²) in [6.45, 7) is 0.757. The van der Waals surface area contributed by atoms with Crippen LogP contribution in [0.25, 0.3) is 0 Å². The molecule has 2 aromatic carbocycles. The highest BCUT2D eigenvalue weighted by Gasteiger charge is 2.25. The molecule has 1 aliphatic heterocycles. The summed E-state index contributed by atoms with van der Waals surface area (Å²) in [5.41, 5.74) is 3.26. The minimum atomic E-state index is 0.561. The maximum Gasteiger partial charge on any atom is 0.133 e. The molecular weight excluding hydrogens is 359 g/mol. The van der Waals surface area contributed by atoms with Crippen molar-refractivity contribution in [2.45, 2.75) is 6.54 Å². The number of rotatable bonds is 1. The van der Waals surface area contributed by atoms with Crippen molar-refractivity contribution in [3.63, 3.8) is 0 Å². The van der Waals surface area contributed by atoms with Crippen LogP contribution in [0.15, 0.2) is 42.5 Å². The zero-order chi connectivity index (χ0) is 12.7. The van der Waals surface area contributed by atoms with E-state index in [0.29, 0.717) is 5.84 Å². The number of amidine groups is 1. The second-order valence-electron chi connectivity index (χ2n) is 4.19. The van der Waals surface area contributed by atoms with Crippen molar-refractivity contribution in [2.24, 2.45) is 0 Å². The number of halogens is 2. The lowest BCUT2D eigenvalue weighted by Gasteiger charge is -2.19. The van der Waals surface area contributed by atoms with E-state index < -0.39 is 0 Å². The molecule has 2 aromatic rings. The monoisotopic (exact) mass is 368 g/mol. The topological polar surface area (TPSA) is 27.1 Å². The number of nitrogens with one attached hydrogen (secondary N) is 1. The molecule has 90 valence electrons. The van der Waals surface area contributed by atoms with Crippen LogP contribution in [0.3, 0.4) is 0 Å². The van der Waals surface area contributed by atoms with Gasteiger partial charge in [0.05, 0.1) is 12.2 Å². The summed E-state index contributed by atoms with van der Waals surface area (Å²) in [4.78, 5) is 2.02. The Bertz CT molecular complexity index is 639. The van der Waals surface area contributed by atoms with Crippen LogP contribution < -0.4 is 4.90 Å². The zero-order valence-corrected chi connectivity index (χ0v) is 12.4. The third-order valence-electron chi connectivity index (χ3n) is 3.07. The van der Waals surface area contributed by atoms with Crippen LogP contribution in [0.2, 0.25) is 5.02 Å². The van der Waals surface area contributed by atoms with E-state index in [1.807, 2.05) is 41.3 Å². The van der Waals surface area contributed by atoms with E-state index in [9.17, 15) is 0 Å².